The second-order valence-electron chi connectivity index (χ2n) is 4.26. The fourth-order valence-electron chi connectivity index (χ4n) is 1.29. The molecule has 0 spiro atoms. The van der Waals surface area contributed by atoms with Crippen molar-refractivity contribution in [1.82, 2.24) is 19.7 Å². The number of hydrogen-bond acceptors (Lipinski definition) is 6. The summed E-state index contributed by atoms with van der Waals surface area (Å²) in [5.74, 6) is 0.533. The number of hydrogen-bond donors (Lipinski definition) is 1. The molecule has 2 aromatic heterocycles. The van der Waals surface area contributed by atoms with Crippen LogP contribution in [0.15, 0.2) is 17.6 Å². The van der Waals surface area contributed by atoms with E-state index in [0.29, 0.717) is 16.8 Å². The van der Waals surface area contributed by atoms with Crippen LogP contribution in [-0.2, 0) is 11.8 Å². The van der Waals surface area contributed by atoms with E-state index in [0.717, 1.165) is 10.2 Å². The number of amides is 1. The van der Waals surface area contributed by atoms with Crippen molar-refractivity contribution in [3.63, 3.8) is 0 Å². The SMILES string of the molecule is CC(C)c1nnc(NC(=O)CSc2nccn2C)s1. The smallest absolute Gasteiger partial charge is 0.236 e. The summed E-state index contributed by atoms with van der Waals surface area (Å²) in [7, 11) is 1.90. The topological polar surface area (TPSA) is 72.7 Å². The molecule has 0 fully saturated rings. The van der Waals surface area contributed by atoms with E-state index in [1.54, 1.807) is 6.20 Å². The van der Waals surface area contributed by atoms with Crippen molar-refractivity contribution < 1.29 is 4.79 Å². The van der Waals surface area contributed by atoms with E-state index in [4.69, 9.17) is 0 Å². The zero-order valence-electron chi connectivity index (χ0n) is 11.0. The summed E-state index contributed by atoms with van der Waals surface area (Å²) in [4.78, 5) is 15.9. The van der Waals surface area contributed by atoms with Crippen LogP contribution in [0.4, 0.5) is 5.13 Å². The van der Waals surface area contributed by atoms with Gasteiger partial charge in [0.1, 0.15) is 5.01 Å². The molecule has 0 unspecified atom stereocenters. The summed E-state index contributed by atoms with van der Waals surface area (Å²) < 4.78 is 1.87. The minimum absolute atomic E-state index is 0.0977. The Morgan fingerprint density at radius 1 is 1.53 bits per heavy atom. The molecule has 1 amide bonds. The Labute approximate surface area is 119 Å². The van der Waals surface area contributed by atoms with Crippen LogP contribution in [0.3, 0.4) is 0 Å². The molecule has 19 heavy (non-hydrogen) atoms. The maximum absolute atomic E-state index is 11.8. The molecule has 0 atom stereocenters. The maximum atomic E-state index is 11.8. The van der Waals surface area contributed by atoms with Gasteiger partial charge in [-0.05, 0) is 0 Å². The van der Waals surface area contributed by atoms with Crippen LogP contribution in [0.2, 0.25) is 0 Å². The molecular weight excluding hydrogens is 282 g/mol. The molecule has 0 radical (unpaired) electrons. The van der Waals surface area contributed by atoms with Crippen LogP contribution in [0.5, 0.6) is 0 Å². The van der Waals surface area contributed by atoms with Gasteiger partial charge in [-0.3, -0.25) is 10.1 Å². The van der Waals surface area contributed by atoms with Gasteiger partial charge in [0.15, 0.2) is 5.16 Å². The normalized spacial score (nSPS) is 10.9. The van der Waals surface area contributed by atoms with Crippen molar-refractivity contribution in [2.45, 2.75) is 24.9 Å². The van der Waals surface area contributed by atoms with Gasteiger partial charge in [-0.25, -0.2) is 4.98 Å². The van der Waals surface area contributed by atoms with Gasteiger partial charge in [-0.1, -0.05) is 36.9 Å². The number of nitrogens with one attached hydrogen (secondary N) is 1. The highest BCUT2D eigenvalue weighted by atomic mass is 32.2. The van der Waals surface area contributed by atoms with Crippen molar-refractivity contribution in [1.29, 1.82) is 0 Å². The minimum atomic E-state index is -0.0977. The highest BCUT2D eigenvalue weighted by Gasteiger charge is 2.11. The molecule has 2 rings (SSSR count). The summed E-state index contributed by atoms with van der Waals surface area (Å²) in [6.45, 7) is 4.09. The Morgan fingerprint density at radius 2 is 2.32 bits per heavy atom. The van der Waals surface area contributed by atoms with Gasteiger partial charge >= 0.3 is 0 Å². The number of carbonyl (C=O) groups excluding carboxylic acids is 1. The van der Waals surface area contributed by atoms with Crippen LogP contribution in [0, 0.1) is 0 Å². The van der Waals surface area contributed by atoms with E-state index in [1.807, 2.05) is 31.7 Å². The lowest BCUT2D eigenvalue weighted by atomic mass is 10.2. The van der Waals surface area contributed by atoms with Crippen molar-refractivity contribution >= 4 is 34.1 Å². The number of carbonyl (C=O) groups is 1. The number of thioether (sulfide) groups is 1. The van der Waals surface area contributed by atoms with Crippen molar-refractivity contribution in [3.8, 4) is 0 Å². The number of nitrogens with zero attached hydrogens (tertiary/aromatic N) is 4. The number of aryl methyl sites for hydroxylation is 1. The van der Waals surface area contributed by atoms with Crippen LogP contribution in [-0.4, -0.2) is 31.4 Å². The van der Waals surface area contributed by atoms with E-state index in [-0.39, 0.29) is 5.91 Å². The molecule has 0 saturated heterocycles. The molecule has 0 aromatic carbocycles. The minimum Gasteiger partial charge on any atom is -0.329 e. The van der Waals surface area contributed by atoms with Crippen LogP contribution in [0.25, 0.3) is 0 Å². The molecule has 0 saturated carbocycles. The van der Waals surface area contributed by atoms with Crippen molar-refractivity contribution in [3.05, 3.63) is 17.4 Å². The Hall–Kier alpha value is -1.41. The van der Waals surface area contributed by atoms with E-state index < -0.39 is 0 Å². The van der Waals surface area contributed by atoms with Crippen LogP contribution in [0.1, 0.15) is 24.8 Å². The molecular formula is C11H15N5OS2. The average molecular weight is 297 g/mol. The molecule has 2 heterocycles. The second-order valence-corrected chi connectivity index (χ2v) is 6.21. The summed E-state index contributed by atoms with van der Waals surface area (Å²) in [6.07, 6.45) is 3.56. The number of imidazole rings is 1. The van der Waals surface area contributed by atoms with Gasteiger partial charge in [-0.2, -0.15) is 0 Å². The van der Waals surface area contributed by atoms with Crippen molar-refractivity contribution in [2.24, 2.45) is 7.05 Å². The highest BCUT2D eigenvalue weighted by molar-refractivity contribution is 7.99. The molecule has 6 nitrogen and oxygen atoms in total. The zero-order valence-corrected chi connectivity index (χ0v) is 12.6. The molecule has 0 aliphatic heterocycles. The van der Waals surface area contributed by atoms with Gasteiger partial charge in [0.05, 0.1) is 5.75 Å². The maximum Gasteiger partial charge on any atom is 0.236 e. The lowest BCUT2D eigenvalue weighted by Gasteiger charge is -2.01. The number of aromatic nitrogens is 4. The molecule has 0 bridgehead atoms. The molecule has 1 N–H and O–H groups in total. The molecule has 8 heteroatoms. The van der Waals surface area contributed by atoms with Gasteiger partial charge in [-0.15, -0.1) is 10.2 Å². The van der Waals surface area contributed by atoms with Gasteiger partial charge in [0, 0.05) is 25.4 Å². The van der Waals surface area contributed by atoms with E-state index in [2.05, 4.69) is 20.5 Å². The van der Waals surface area contributed by atoms with Gasteiger partial charge in [0.25, 0.3) is 0 Å². The Kier molecular flexibility index (Phi) is 4.54. The first kappa shape index (κ1) is 14.0. The summed E-state index contributed by atoms with van der Waals surface area (Å²) >= 11 is 2.80. The summed E-state index contributed by atoms with van der Waals surface area (Å²) in [6, 6.07) is 0. The second kappa shape index (κ2) is 6.16. The third-order valence-corrected chi connectivity index (χ3v) is 4.49. The first-order valence-corrected chi connectivity index (χ1v) is 7.60. The first-order valence-electron chi connectivity index (χ1n) is 5.79. The monoisotopic (exact) mass is 297 g/mol. The van der Waals surface area contributed by atoms with E-state index >= 15 is 0 Å². The largest absolute Gasteiger partial charge is 0.329 e. The quantitative estimate of drug-likeness (QED) is 0.856. The zero-order chi connectivity index (χ0) is 13.8. The van der Waals surface area contributed by atoms with Gasteiger partial charge in [0.2, 0.25) is 11.0 Å². The average Bonchev–Trinajstić information content (AvgIpc) is 2.96. The van der Waals surface area contributed by atoms with Gasteiger partial charge < -0.3 is 4.57 Å². The fourth-order valence-corrected chi connectivity index (χ4v) is 2.79. The predicted octanol–water partition coefficient (Wildman–Crippen LogP) is 2.13. The lowest BCUT2D eigenvalue weighted by molar-refractivity contribution is -0.113. The van der Waals surface area contributed by atoms with E-state index in [1.165, 1.54) is 23.1 Å². The highest BCUT2D eigenvalue weighted by Crippen LogP contribution is 2.22. The Morgan fingerprint density at radius 3 is 2.89 bits per heavy atom. The Bertz CT molecular complexity index is 563. The van der Waals surface area contributed by atoms with Crippen LogP contribution >= 0.6 is 23.1 Å². The predicted molar refractivity (Wildman–Crippen MR) is 76.6 cm³/mol. The standard InChI is InChI=1S/C11H15N5OS2/c1-7(2)9-14-15-10(19-9)13-8(17)6-18-11-12-4-5-16(11)3/h4-5,7H,6H2,1-3H3,(H,13,15,17). The fraction of sp³-hybridized carbons (Fsp3) is 0.455. The lowest BCUT2D eigenvalue weighted by Crippen LogP contribution is -2.14. The third-order valence-electron chi connectivity index (χ3n) is 2.29. The number of anilines is 1. The summed E-state index contributed by atoms with van der Waals surface area (Å²) in [5.41, 5.74) is 0. The molecule has 0 aliphatic carbocycles. The van der Waals surface area contributed by atoms with Crippen LogP contribution < -0.4 is 5.32 Å². The molecule has 102 valence electrons. The number of rotatable bonds is 5. The molecule has 0 aliphatic rings. The van der Waals surface area contributed by atoms with Crippen molar-refractivity contribution in [2.75, 3.05) is 11.1 Å². The first-order chi connectivity index (χ1) is 9.06. The Balaban J connectivity index is 1.85. The molecule has 2 aromatic rings. The van der Waals surface area contributed by atoms with E-state index in [9.17, 15) is 4.79 Å². The summed E-state index contributed by atoms with van der Waals surface area (Å²) in [5, 5.41) is 13.0. The third kappa shape index (κ3) is 3.77.